The Kier molecular flexibility index (Phi) is 4.25. The summed E-state index contributed by atoms with van der Waals surface area (Å²) in [6, 6.07) is 0. The molecule has 0 aromatic heterocycles. The lowest BCUT2D eigenvalue weighted by molar-refractivity contribution is -0.141. The maximum absolute atomic E-state index is 11.7. The molecule has 0 spiro atoms. The number of amides is 1. The van der Waals surface area contributed by atoms with Gasteiger partial charge in [0.1, 0.15) is 0 Å². The van der Waals surface area contributed by atoms with E-state index in [2.05, 4.69) is 6.92 Å². The molecule has 1 heterocycles. The SMILES string of the molecule is CCC1CCC(CN2CC(C(=O)O)CC2=O)CC1. The zero-order valence-corrected chi connectivity index (χ0v) is 11.1. The largest absolute Gasteiger partial charge is 0.481 e. The van der Waals surface area contributed by atoms with Crippen molar-refractivity contribution in [3.05, 3.63) is 0 Å². The monoisotopic (exact) mass is 253 g/mol. The summed E-state index contributed by atoms with van der Waals surface area (Å²) in [5, 5.41) is 8.94. The Morgan fingerprint density at radius 2 is 1.89 bits per heavy atom. The van der Waals surface area contributed by atoms with Crippen LogP contribution in [0.25, 0.3) is 0 Å². The molecule has 4 nitrogen and oxygen atoms in total. The number of carbonyl (C=O) groups is 2. The van der Waals surface area contributed by atoms with Gasteiger partial charge in [0, 0.05) is 19.5 Å². The Morgan fingerprint density at radius 3 is 2.39 bits per heavy atom. The summed E-state index contributed by atoms with van der Waals surface area (Å²) in [5.74, 6) is 0.164. The molecular weight excluding hydrogens is 230 g/mol. The summed E-state index contributed by atoms with van der Waals surface area (Å²) < 4.78 is 0. The molecule has 1 atom stereocenters. The van der Waals surface area contributed by atoms with Gasteiger partial charge >= 0.3 is 5.97 Å². The van der Waals surface area contributed by atoms with Crippen LogP contribution in [0.1, 0.15) is 45.4 Å². The number of carbonyl (C=O) groups excluding carboxylic acids is 1. The quantitative estimate of drug-likeness (QED) is 0.835. The van der Waals surface area contributed by atoms with E-state index in [9.17, 15) is 9.59 Å². The van der Waals surface area contributed by atoms with Gasteiger partial charge in [0.2, 0.25) is 5.91 Å². The maximum atomic E-state index is 11.7. The number of nitrogens with zero attached hydrogens (tertiary/aromatic N) is 1. The zero-order valence-electron chi connectivity index (χ0n) is 11.1. The van der Waals surface area contributed by atoms with E-state index in [-0.39, 0.29) is 12.3 Å². The minimum absolute atomic E-state index is 0.0278. The van der Waals surface area contributed by atoms with Crippen LogP contribution in [-0.4, -0.2) is 35.0 Å². The highest BCUT2D eigenvalue weighted by atomic mass is 16.4. The summed E-state index contributed by atoms with van der Waals surface area (Å²) in [7, 11) is 0. The average Bonchev–Trinajstić information content (AvgIpc) is 2.72. The van der Waals surface area contributed by atoms with Crippen LogP contribution in [0.15, 0.2) is 0 Å². The van der Waals surface area contributed by atoms with Crippen molar-refractivity contribution in [1.29, 1.82) is 0 Å². The normalized spacial score (nSPS) is 32.8. The molecule has 102 valence electrons. The fraction of sp³-hybridized carbons (Fsp3) is 0.857. The number of hydrogen-bond donors (Lipinski definition) is 1. The topological polar surface area (TPSA) is 57.6 Å². The molecule has 1 saturated carbocycles. The molecule has 18 heavy (non-hydrogen) atoms. The third-order valence-electron chi connectivity index (χ3n) is 4.59. The van der Waals surface area contributed by atoms with E-state index < -0.39 is 11.9 Å². The minimum atomic E-state index is -0.833. The lowest BCUT2D eigenvalue weighted by atomic mass is 9.80. The van der Waals surface area contributed by atoms with Crippen LogP contribution >= 0.6 is 0 Å². The molecule has 1 saturated heterocycles. The van der Waals surface area contributed by atoms with Crippen LogP contribution in [0.3, 0.4) is 0 Å². The molecular formula is C14H23NO3. The Morgan fingerprint density at radius 1 is 1.28 bits per heavy atom. The molecule has 4 heteroatoms. The van der Waals surface area contributed by atoms with Crippen molar-refractivity contribution in [2.75, 3.05) is 13.1 Å². The van der Waals surface area contributed by atoms with Crippen molar-refractivity contribution < 1.29 is 14.7 Å². The number of hydrogen-bond acceptors (Lipinski definition) is 2. The van der Waals surface area contributed by atoms with Gasteiger partial charge in [-0.3, -0.25) is 9.59 Å². The molecule has 0 bridgehead atoms. The van der Waals surface area contributed by atoms with Crippen LogP contribution in [0.2, 0.25) is 0 Å². The Bertz CT molecular complexity index is 321. The van der Waals surface area contributed by atoms with Gasteiger partial charge in [-0.25, -0.2) is 0 Å². The number of likely N-dealkylation sites (tertiary alicyclic amines) is 1. The lowest BCUT2D eigenvalue weighted by Crippen LogP contribution is -2.33. The van der Waals surface area contributed by atoms with Crippen molar-refractivity contribution in [2.24, 2.45) is 17.8 Å². The van der Waals surface area contributed by atoms with Crippen molar-refractivity contribution in [1.82, 2.24) is 4.90 Å². The van der Waals surface area contributed by atoms with Crippen LogP contribution in [-0.2, 0) is 9.59 Å². The van der Waals surface area contributed by atoms with E-state index in [1.807, 2.05) is 0 Å². The Balaban J connectivity index is 1.80. The molecule has 1 aliphatic heterocycles. The molecule has 1 unspecified atom stereocenters. The highest BCUT2D eigenvalue weighted by Gasteiger charge is 2.35. The van der Waals surface area contributed by atoms with Gasteiger partial charge in [-0.2, -0.15) is 0 Å². The van der Waals surface area contributed by atoms with Gasteiger partial charge in [0.05, 0.1) is 5.92 Å². The first-order chi connectivity index (χ1) is 8.60. The van der Waals surface area contributed by atoms with E-state index in [0.717, 1.165) is 12.5 Å². The number of rotatable bonds is 4. The average molecular weight is 253 g/mol. The second kappa shape index (κ2) is 5.72. The molecule has 1 N–H and O–H groups in total. The van der Waals surface area contributed by atoms with Gasteiger partial charge in [-0.05, 0) is 24.7 Å². The predicted molar refractivity (Wildman–Crippen MR) is 68.1 cm³/mol. The summed E-state index contributed by atoms with van der Waals surface area (Å²) >= 11 is 0. The molecule has 1 aliphatic carbocycles. The number of aliphatic carboxylic acids is 1. The van der Waals surface area contributed by atoms with Gasteiger partial charge in [-0.15, -0.1) is 0 Å². The lowest BCUT2D eigenvalue weighted by Gasteiger charge is -2.30. The number of carboxylic acids is 1. The first-order valence-corrected chi connectivity index (χ1v) is 7.10. The highest BCUT2D eigenvalue weighted by Crippen LogP contribution is 2.32. The third-order valence-corrected chi connectivity index (χ3v) is 4.59. The first kappa shape index (κ1) is 13.4. The van der Waals surface area contributed by atoms with E-state index in [1.54, 1.807) is 4.90 Å². The molecule has 0 radical (unpaired) electrons. The maximum Gasteiger partial charge on any atom is 0.308 e. The molecule has 2 fully saturated rings. The smallest absolute Gasteiger partial charge is 0.308 e. The van der Waals surface area contributed by atoms with Crippen LogP contribution in [0.4, 0.5) is 0 Å². The van der Waals surface area contributed by atoms with Gasteiger partial charge < -0.3 is 10.0 Å². The molecule has 1 amide bonds. The van der Waals surface area contributed by atoms with Gasteiger partial charge in [0.25, 0.3) is 0 Å². The van der Waals surface area contributed by atoms with Crippen molar-refractivity contribution in [2.45, 2.75) is 45.4 Å². The van der Waals surface area contributed by atoms with E-state index >= 15 is 0 Å². The third kappa shape index (κ3) is 3.03. The molecule has 0 aromatic carbocycles. The van der Waals surface area contributed by atoms with Crippen LogP contribution in [0.5, 0.6) is 0 Å². The van der Waals surface area contributed by atoms with Crippen LogP contribution < -0.4 is 0 Å². The fourth-order valence-electron chi connectivity index (χ4n) is 3.25. The van der Waals surface area contributed by atoms with E-state index in [0.29, 0.717) is 12.5 Å². The first-order valence-electron chi connectivity index (χ1n) is 7.10. The van der Waals surface area contributed by atoms with Crippen molar-refractivity contribution >= 4 is 11.9 Å². The summed E-state index contributed by atoms with van der Waals surface area (Å²) in [4.78, 5) is 24.4. The second-order valence-electron chi connectivity index (χ2n) is 5.83. The Hall–Kier alpha value is -1.06. The molecule has 2 aliphatic rings. The minimum Gasteiger partial charge on any atom is -0.481 e. The zero-order chi connectivity index (χ0) is 13.1. The molecule has 0 aromatic rings. The number of carboxylic acid groups (broad SMARTS) is 1. The summed E-state index contributed by atoms with van der Waals surface area (Å²) in [6.07, 6.45) is 6.38. The van der Waals surface area contributed by atoms with Gasteiger partial charge in [0.15, 0.2) is 0 Å². The summed E-state index contributed by atoms with van der Waals surface area (Å²) in [5.41, 5.74) is 0. The van der Waals surface area contributed by atoms with E-state index in [1.165, 1.54) is 32.1 Å². The fourth-order valence-corrected chi connectivity index (χ4v) is 3.25. The Labute approximate surface area is 108 Å². The van der Waals surface area contributed by atoms with E-state index in [4.69, 9.17) is 5.11 Å². The van der Waals surface area contributed by atoms with Crippen molar-refractivity contribution in [3.8, 4) is 0 Å². The predicted octanol–water partition coefficient (Wildman–Crippen LogP) is 2.14. The standard InChI is InChI=1S/C14H23NO3/c1-2-10-3-5-11(6-4-10)8-15-9-12(14(17)18)7-13(15)16/h10-12H,2-9H2,1H3,(H,17,18). The van der Waals surface area contributed by atoms with Crippen molar-refractivity contribution in [3.63, 3.8) is 0 Å². The second-order valence-corrected chi connectivity index (χ2v) is 5.83. The van der Waals surface area contributed by atoms with Gasteiger partial charge in [-0.1, -0.05) is 26.2 Å². The highest BCUT2D eigenvalue weighted by molar-refractivity contribution is 5.86. The van der Waals surface area contributed by atoms with Crippen LogP contribution in [0, 0.1) is 17.8 Å². The molecule has 2 rings (SSSR count). The summed E-state index contributed by atoms with van der Waals surface area (Å²) in [6.45, 7) is 3.44.